The smallest absolute Gasteiger partial charge is 0.190 e. The lowest BCUT2D eigenvalue weighted by Crippen LogP contribution is -2.06. The summed E-state index contributed by atoms with van der Waals surface area (Å²) in [5, 5.41) is 0. The zero-order valence-electron chi connectivity index (χ0n) is 4.33. The van der Waals surface area contributed by atoms with Crippen LogP contribution in [0.2, 0.25) is 0 Å². The van der Waals surface area contributed by atoms with Crippen LogP contribution in [-0.4, -0.2) is 10.3 Å². The minimum atomic E-state index is -1.11. The first-order valence-electron chi connectivity index (χ1n) is 2.33. The molecule has 0 aromatic heterocycles. The van der Waals surface area contributed by atoms with Gasteiger partial charge in [-0.2, -0.15) is 0 Å². The molecule has 0 heterocycles. The number of halogens is 3. The van der Waals surface area contributed by atoms with Gasteiger partial charge in [-0.05, 0) is 19.4 Å². The van der Waals surface area contributed by atoms with Gasteiger partial charge in [0.25, 0.3) is 0 Å². The predicted molar refractivity (Wildman–Crippen MR) is 38.6 cm³/mol. The largest absolute Gasteiger partial charge is 0.330 e. The highest BCUT2D eigenvalue weighted by atomic mass is 35.6. The van der Waals surface area contributed by atoms with E-state index in [2.05, 4.69) is 0 Å². The van der Waals surface area contributed by atoms with Gasteiger partial charge in [0.1, 0.15) is 0 Å². The van der Waals surface area contributed by atoms with E-state index < -0.39 is 3.79 Å². The van der Waals surface area contributed by atoms with Crippen LogP contribution in [0, 0.1) is 0 Å². The predicted octanol–water partition coefficient (Wildman–Crippen LogP) is 2.10. The van der Waals surface area contributed by atoms with E-state index in [4.69, 9.17) is 40.5 Å². The maximum Gasteiger partial charge on any atom is 0.190 e. The van der Waals surface area contributed by atoms with Crippen molar-refractivity contribution in [2.75, 3.05) is 6.54 Å². The van der Waals surface area contributed by atoms with E-state index in [-0.39, 0.29) is 0 Å². The van der Waals surface area contributed by atoms with Gasteiger partial charge < -0.3 is 5.73 Å². The second kappa shape index (κ2) is 3.78. The molecular weight excluding hydrogens is 168 g/mol. The minimum Gasteiger partial charge on any atom is -0.330 e. The summed E-state index contributed by atoms with van der Waals surface area (Å²) in [4.78, 5) is 0. The average molecular weight is 176 g/mol. The highest BCUT2D eigenvalue weighted by Crippen LogP contribution is 2.30. The van der Waals surface area contributed by atoms with Crippen molar-refractivity contribution in [2.24, 2.45) is 5.73 Å². The van der Waals surface area contributed by atoms with Crippen LogP contribution in [0.4, 0.5) is 0 Å². The van der Waals surface area contributed by atoms with Gasteiger partial charge in [-0.3, -0.25) is 0 Å². The first kappa shape index (κ1) is 8.83. The van der Waals surface area contributed by atoms with Gasteiger partial charge in [0.05, 0.1) is 0 Å². The Bertz CT molecular complexity index is 58.8. The SMILES string of the molecule is NCCCC(Cl)(Cl)Cl. The van der Waals surface area contributed by atoms with Gasteiger partial charge in [0, 0.05) is 0 Å². The van der Waals surface area contributed by atoms with E-state index >= 15 is 0 Å². The van der Waals surface area contributed by atoms with Crippen molar-refractivity contribution in [3.05, 3.63) is 0 Å². The lowest BCUT2D eigenvalue weighted by Gasteiger charge is -2.07. The fourth-order valence-electron chi connectivity index (χ4n) is 0.303. The second-order valence-corrected chi connectivity index (χ2v) is 4.02. The van der Waals surface area contributed by atoms with Crippen LogP contribution in [0.15, 0.2) is 0 Å². The van der Waals surface area contributed by atoms with E-state index in [9.17, 15) is 0 Å². The zero-order chi connectivity index (χ0) is 6.62. The Morgan fingerprint density at radius 2 is 1.75 bits per heavy atom. The van der Waals surface area contributed by atoms with Crippen LogP contribution in [0.1, 0.15) is 12.8 Å². The molecule has 0 radical (unpaired) electrons. The Hall–Kier alpha value is 0.830. The molecule has 50 valence electrons. The monoisotopic (exact) mass is 175 g/mol. The zero-order valence-corrected chi connectivity index (χ0v) is 6.60. The molecule has 0 atom stereocenters. The molecule has 0 aromatic carbocycles. The third-order valence-corrected chi connectivity index (χ3v) is 1.23. The summed E-state index contributed by atoms with van der Waals surface area (Å²) in [5.41, 5.74) is 5.16. The number of hydrogen-bond acceptors (Lipinski definition) is 1. The van der Waals surface area contributed by atoms with Crippen LogP contribution in [-0.2, 0) is 0 Å². The molecule has 0 bridgehead atoms. The molecule has 4 heteroatoms. The van der Waals surface area contributed by atoms with Crippen molar-refractivity contribution >= 4 is 34.8 Å². The van der Waals surface area contributed by atoms with Gasteiger partial charge in [-0.15, -0.1) is 0 Å². The second-order valence-electron chi connectivity index (χ2n) is 1.51. The highest BCUT2D eigenvalue weighted by molar-refractivity contribution is 6.67. The van der Waals surface area contributed by atoms with E-state index in [1.54, 1.807) is 0 Å². The molecular formula is C4H8Cl3N. The lowest BCUT2D eigenvalue weighted by atomic mass is 10.3. The number of nitrogens with two attached hydrogens (primary N) is 1. The van der Waals surface area contributed by atoms with E-state index in [1.165, 1.54) is 0 Å². The minimum absolute atomic E-state index is 0.536. The summed E-state index contributed by atoms with van der Waals surface area (Å²) in [5.74, 6) is 0. The van der Waals surface area contributed by atoms with Gasteiger partial charge in [0.15, 0.2) is 3.79 Å². The van der Waals surface area contributed by atoms with Crippen molar-refractivity contribution in [1.82, 2.24) is 0 Å². The van der Waals surface area contributed by atoms with Crippen molar-refractivity contribution in [3.63, 3.8) is 0 Å². The summed E-state index contributed by atoms with van der Waals surface area (Å²) < 4.78 is -1.11. The van der Waals surface area contributed by atoms with Gasteiger partial charge in [0.2, 0.25) is 0 Å². The lowest BCUT2D eigenvalue weighted by molar-refractivity contribution is 0.763. The Morgan fingerprint density at radius 1 is 1.25 bits per heavy atom. The fraction of sp³-hybridized carbons (Fsp3) is 1.00. The van der Waals surface area contributed by atoms with Gasteiger partial charge in [-0.25, -0.2) is 0 Å². The van der Waals surface area contributed by atoms with Crippen molar-refractivity contribution < 1.29 is 0 Å². The topological polar surface area (TPSA) is 26.0 Å². The molecule has 0 amide bonds. The Labute approximate surface area is 64.1 Å². The molecule has 0 fully saturated rings. The van der Waals surface area contributed by atoms with Crippen LogP contribution in [0.25, 0.3) is 0 Å². The normalized spacial score (nSPS) is 12.0. The summed E-state index contributed by atoms with van der Waals surface area (Å²) in [6, 6.07) is 0. The molecule has 0 aromatic rings. The summed E-state index contributed by atoms with van der Waals surface area (Å²) >= 11 is 16.2. The molecule has 0 unspecified atom stereocenters. The standard InChI is InChI=1S/C4H8Cl3N/c5-4(6,7)2-1-3-8/h1-3,8H2. The Balaban J connectivity index is 3.11. The molecule has 0 saturated carbocycles. The quantitative estimate of drug-likeness (QED) is 0.641. The van der Waals surface area contributed by atoms with Crippen LogP contribution < -0.4 is 5.73 Å². The molecule has 0 rings (SSSR count). The summed E-state index contributed by atoms with van der Waals surface area (Å²) in [6.45, 7) is 0.577. The van der Waals surface area contributed by atoms with E-state index in [0.717, 1.165) is 6.42 Å². The van der Waals surface area contributed by atoms with E-state index in [1.807, 2.05) is 0 Å². The van der Waals surface area contributed by atoms with Crippen molar-refractivity contribution in [1.29, 1.82) is 0 Å². The first-order valence-corrected chi connectivity index (χ1v) is 3.46. The fourth-order valence-corrected chi connectivity index (χ4v) is 0.703. The molecule has 0 spiro atoms. The first-order chi connectivity index (χ1) is 3.56. The molecule has 0 aliphatic rings. The maximum absolute atomic E-state index is 5.39. The van der Waals surface area contributed by atoms with Crippen molar-refractivity contribution in [3.8, 4) is 0 Å². The van der Waals surface area contributed by atoms with Crippen LogP contribution in [0.3, 0.4) is 0 Å². The van der Waals surface area contributed by atoms with Crippen molar-refractivity contribution in [2.45, 2.75) is 16.6 Å². The number of rotatable bonds is 2. The van der Waals surface area contributed by atoms with E-state index in [0.29, 0.717) is 13.0 Å². The highest BCUT2D eigenvalue weighted by Gasteiger charge is 2.17. The number of hydrogen-bond donors (Lipinski definition) is 1. The third-order valence-electron chi connectivity index (χ3n) is 0.664. The summed E-state index contributed by atoms with van der Waals surface area (Å²) in [7, 11) is 0. The molecule has 0 aliphatic heterocycles. The molecule has 1 nitrogen and oxygen atoms in total. The van der Waals surface area contributed by atoms with Gasteiger partial charge >= 0.3 is 0 Å². The van der Waals surface area contributed by atoms with Crippen LogP contribution >= 0.6 is 34.8 Å². The molecule has 2 N–H and O–H groups in total. The maximum atomic E-state index is 5.39. The molecule has 0 aliphatic carbocycles. The Morgan fingerprint density at radius 3 is 1.88 bits per heavy atom. The average Bonchev–Trinajstić information content (AvgIpc) is 1.59. The van der Waals surface area contributed by atoms with Gasteiger partial charge in [-0.1, -0.05) is 34.8 Å². The molecule has 8 heavy (non-hydrogen) atoms. The third kappa shape index (κ3) is 6.83. The van der Waals surface area contributed by atoms with Crippen LogP contribution in [0.5, 0.6) is 0 Å². The number of alkyl halides is 3. The summed E-state index contributed by atoms with van der Waals surface area (Å²) in [6.07, 6.45) is 1.30. The Kier molecular flexibility index (Phi) is 4.17. The molecule has 0 saturated heterocycles.